The fourth-order valence-electron chi connectivity index (χ4n) is 1.14. The quantitative estimate of drug-likeness (QED) is 0.860. The van der Waals surface area contributed by atoms with E-state index in [1.165, 1.54) is 0 Å². The van der Waals surface area contributed by atoms with Gasteiger partial charge in [-0.25, -0.2) is 14.6 Å². The minimum absolute atomic E-state index is 0.214. The monoisotopic (exact) mass is 256 g/mol. The highest BCUT2D eigenvalue weighted by Gasteiger charge is 2.23. The van der Waals surface area contributed by atoms with Gasteiger partial charge in [-0.3, -0.25) is 5.32 Å². The summed E-state index contributed by atoms with van der Waals surface area (Å²) in [6, 6.07) is 0. The van der Waals surface area contributed by atoms with Crippen molar-refractivity contribution in [2.24, 2.45) is 0 Å². The lowest BCUT2D eigenvalue weighted by Gasteiger charge is -2.19. The van der Waals surface area contributed by atoms with Crippen LogP contribution in [0, 0.1) is 0 Å². The lowest BCUT2D eigenvalue weighted by molar-refractivity contribution is 0.0632. The fraction of sp³-hybridized carbons (Fsp3) is 0.545. The van der Waals surface area contributed by atoms with Crippen molar-refractivity contribution >= 4 is 17.9 Å². The zero-order valence-electron chi connectivity index (χ0n) is 10.7. The molecule has 0 saturated heterocycles. The maximum Gasteiger partial charge on any atom is 0.414 e. The number of anilines is 1. The molecule has 1 aromatic heterocycles. The Morgan fingerprint density at radius 2 is 2.06 bits per heavy atom. The molecule has 7 nitrogen and oxygen atoms in total. The zero-order valence-corrected chi connectivity index (χ0v) is 10.7. The van der Waals surface area contributed by atoms with Gasteiger partial charge in [0.1, 0.15) is 5.60 Å². The van der Waals surface area contributed by atoms with Crippen LogP contribution in [0.5, 0.6) is 0 Å². The van der Waals surface area contributed by atoms with Crippen molar-refractivity contribution in [2.45, 2.75) is 39.7 Å². The lowest BCUT2D eigenvalue weighted by atomic mass is 10.2. The number of hydrogen-bond donors (Lipinski definition) is 2. The molecule has 0 fully saturated rings. The molecule has 18 heavy (non-hydrogen) atoms. The van der Waals surface area contributed by atoms with Gasteiger partial charge in [-0.1, -0.05) is 6.92 Å². The first-order valence-electron chi connectivity index (χ1n) is 5.46. The normalized spacial score (nSPS) is 11.1. The summed E-state index contributed by atoms with van der Waals surface area (Å²) in [5, 5.41) is 11.1. The standard InChI is InChI=1S/C11H16N2O5/c1-5-6-12-7(9(14)15)8(17-6)13-10(16)18-11(2,3)4/h5H2,1-4H3,(H,13,16)(H,14,15). The van der Waals surface area contributed by atoms with Gasteiger partial charge in [-0.15, -0.1) is 0 Å². The van der Waals surface area contributed by atoms with Gasteiger partial charge in [0.2, 0.25) is 11.6 Å². The van der Waals surface area contributed by atoms with Gasteiger partial charge in [0.15, 0.2) is 5.89 Å². The summed E-state index contributed by atoms with van der Waals surface area (Å²) in [6.45, 7) is 6.85. The van der Waals surface area contributed by atoms with Crippen molar-refractivity contribution in [2.75, 3.05) is 5.32 Å². The number of carboxylic acids is 1. The first-order chi connectivity index (χ1) is 8.23. The van der Waals surface area contributed by atoms with Gasteiger partial charge in [0, 0.05) is 6.42 Å². The molecular formula is C11H16N2O5. The summed E-state index contributed by atoms with van der Waals surface area (Å²) in [5.74, 6) is -1.25. The molecule has 0 aliphatic carbocycles. The molecule has 0 aromatic carbocycles. The first kappa shape index (κ1) is 14.0. The average Bonchev–Trinajstić information content (AvgIpc) is 2.57. The van der Waals surface area contributed by atoms with Gasteiger partial charge in [0.05, 0.1) is 0 Å². The molecule has 0 aliphatic heterocycles. The molecule has 1 aromatic rings. The number of hydrogen-bond acceptors (Lipinski definition) is 5. The number of aromatic nitrogens is 1. The number of aryl methyl sites for hydroxylation is 1. The number of nitrogens with one attached hydrogen (secondary N) is 1. The van der Waals surface area contributed by atoms with Crippen LogP contribution in [-0.2, 0) is 11.2 Å². The smallest absolute Gasteiger partial charge is 0.414 e. The molecule has 1 amide bonds. The molecule has 7 heteroatoms. The number of amides is 1. The Labute approximate surface area is 104 Å². The van der Waals surface area contributed by atoms with Crippen LogP contribution < -0.4 is 5.32 Å². The third kappa shape index (κ3) is 3.76. The number of carbonyl (C=O) groups excluding carboxylic acids is 1. The van der Waals surface area contributed by atoms with Gasteiger partial charge >= 0.3 is 12.1 Å². The number of carboxylic acid groups (broad SMARTS) is 1. The van der Waals surface area contributed by atoms with E-state index in [1.807, 2.05) is 0 Å². The van der Waals surface area contributed by atoms with E-state index >= 15 is 0 Å². The van der Waals surface area contributed by atoms with Crippen LogP contribution in [0.15, 0.2) is 4.42 Å². The number of ether oxygens (including phenoxy) is 1. The molecule has 1 heterocycles. The van der Waals surface area contributed by atoms with E-state index in [1.54, 1.807) is 27.7 Å². The van der Waals surface area contributed by atoms with E-state index < -0.39 is 17.7 Å². The highest BCUT2D eigenvalue weighted by atomic mass is 16.6. The Hall–Kier alpha value is -2.05. The third-order valence-corrected chi connectivity index (χ3v) is 1.79. The molecule has 0 saturated carbocycles. The maximum absolute atomic E-state index is 11.5. The Bertz CT molecular complexity index is 458. The van der Waals surface area contributed by atoms with Crippen LogP contribution in [0.25, 0.3) is 0 Å². The Balaban J connectivity index is 2.86. The Morgan fingerprint density at radius 1 is 1.44 bits per heavy atom. The first-order valence-corrected chi connectivity index (χ1v) is 5.46. The van der Waals surface area contributed by atoms with Crippen LogP contribution in [0.1, 0.15) is 44.1 Å². The highest BCUT2D eigenvalue weighted by Crippen LogP contribution is 2.19. The summed E-state index contributed by atoms with van der Waals surface area (Å²) in [5.41, 5.74) is -1.01. The van der Waals surface area contributed by atoms with Gasteiger partial charge < -0.3 is 14.3 Å². The third-order valence-electron chi connectivity index (χ3n) is 1.79. The van der Waals surface area contributed by atoms with Gasteiger partial charge in [-0.05, 0) is 20.8 Å². The molecule has 100 valence electrons. The molecule has 0 radical (unpaired) electrons. The predicted molar refractivity (Wildman–Crippen MR) is 62.7 cm³/mol. The minimum Gasteiger partial charge on any atom is -0.476 e. The summed E-state index contributed by atoms with van der Waals surface area (Å²) in [6.07, 6.45) is -0.361. The highest BCUT2D eigenvalue weighted by molar-refractivity contribution is 5.95. The number of oxazole rings is 1. The van der Waals surface area contributed by atoms with E-state index in [4.69, 9.17) is 14.3 Å². The van der Waals surface area contributed by atoms with Crippen molar-refractivity contribution in [3.8, 4) is 0 Å². The van der Waals surface area contributed by atoms with Crippen molar-refractivity contribution in [1.29, 1.82) is 0 Å². The Kier molecular flexibility index (Phi) is 3.95. The number of nitrogens with zero attached hydrogens (tertiary/aromatic N) is 1. The molecule has 0 bridgehead atoms. The van der Waals surface area contributed by atoms with Crippen molar-refractivity contribution in [1.82, 2.24) is 4.98 Å². The topological polar surface area (TPSA) is 102 Å². The second kappa shape index (κ2) is 5.07. The van der Waals surface area contributed by atoms with Crippen LogP contribution in [-0.4, -0.2) is 27.8 Å². The van der Waals surface area contributed by atoms with E-state index in [-0.39, 0.29) is 17.5 Å². The molecule has 0 aliphatic rings. The summed E-state index contributed by atoms with van der Waals surface area (Å²) in [4.78, 5) is 26.1. The second-order valence-corrected chi connectivity index (χ2v) is 4.57. The van der Waals surface area contributed by atoms with Crippen LogP contribution in [0.4, 0.5) is 10.7 Å². The van der Waals surface area contributed by atoms with Gasteiger partial charge in [0.25, 0.3) is 0 Å². The lowest BCUT2D eigenvalue weighted by Crippen LogP contribution is -2.27. The number of aromatic carboxylic acids is 1. The summed E-state index contributed by atoms with van der Waals surface area (Å²) < 4.78 is 10.1. The van der Waals surface area contributed by atoms with Crippen molar-refractivity contribution in [3.63, 3.8) is 0 Å². The maximum atomic E-state index is 11.5. The van der Waals surface area contributed by atoms with E-state index in [0.717, 1.165) is 0 Å². The molecule has 0 spiro atoms. The minimum atomic E-state index is -1.27. The zero-order chi connectivity index (χ0) is 13.9. The molecular weight excluding hydrogens is 240 g/mol. The molecule has 2 N–H and O–H groups in total. The van der Waals surface area contributed by atoms with E-state index in [2.05, 4.69) is 10.3 Å². The van der Waals surface area contributed by atoms with Crippen LogP contribution in [0.3, 0.4) is 0 Å². The summed E-state index contributed by atoms with van der Waals surface area (Å²) in [7, 11) is 0. The van der Waals surface area contributed by atoms with Gasteiger partial charge in [-0.2, -0.15) is 0 Å². The number of rotatable bonds is 3. The predicted octanol–water partition coefficient (Wildman–Crippen LogP) is 2.28. The molecule has 1 rings (SSSR count). The largest absolute Gasteiger partial charge is 0.476 e. The second-order valence-electron chi connectivity index (χ2n) is 4.57. The van der Waals surface area contributed by atoms with Crippen LogP contribution in [0.2, 0.25) is 0 Å². The average molecular weight is 256 g/mol. The van der Waals surface area contributed by atoms with Crippen LogP contribution >= 0.6 is 0 Å². The van der Waals surface area contributed by atoms with E-state index in [9.17, 15) is 9.59 Å². The SMILES string of the molecule is CCc1nc(C(=O)O)c(NC(=O)OC(C)(C)C)o1. The van der Waals surface area contributed by atoms with E-state index in [0.29, 0.717) is 6.42 Å². The number of carbonyl (C=O) groups is 2. The molecule has 0 unspecified atom stereocenters. The summed E-state index contributed by atoms with van der Waals surface area (Å²) >= 11 is 0. The molecule has 0 atom stereocenters. The Morgan fingerprint density at radius 3 is 2.50 bits per heavy atom. The van der Waals surface area contributed by atoms with Crippen molar-refractivity contribution < 1.29 is 23.8 Å². The van der Waals surface area contributed by atoms with Crippen molar-refractivity contribution in [3.05, 3.63) is 11.6 Å². The fourth-order valence-corrected chi connectivity index (χ4v) is 1.14.